The van der Waals surface area contributed by atoms with Crippen molar-refractivity contribution in [2.24, 2.45) is 0 Å². The summed E-state index contributed by atoms with van der Waals surface area (Å²) in [4.78, 5) is 16.7. The van der Waals surface area contributed by atoms with Crippen molar-refractivity contribution in [1.82, 2.24) is 10.1 Å². The summed E-state index contributed by atoms with van der Waals surface area (Å²) in [5.74, 6) is 1.20. The molecule has 1 amide bonds. The highest BCUT2D eigenvalue weighted by molar-refractivity contribution is 7.92. The summed E-state index contributed by atoms with van der Waals surface area (Å²) >= 11 is 5.90. The molecule has 35 heavy (non-hydrogen) atoms. The van der Waals surface area contributed by atoms with E-state index in [9.17, 15) is 13.2 Å². The number of nitrogens with zero attached hydrogens (tertiary/aromatic N) is 2. The van der Waals surface area contributed by atoms with Crippen LogP contribution in [0.2, 0.25) is 5.02 Å². The number of aromatic nitrogens is 2. The van der Waals surface area contributed by atoms with Gasteiger partial charge in [0.05, 0.1) is 17.7 Å². The molecule has 1 heterocycles. The Bertz CT molecular complexity index is 1420. The van der Waals surface area contributed by atoms with Gasteiger partial charge in [-0.05, 0) is 66.7 Å². The molecule has 2 N–H and O–H groups in total. The van der Waals surface area contributed by atoms with Crippen LogP contribution in [0.25, 0.3) is 11.4 Å². The monoisotopic (exact) mass is 512 g/mol. The van der Waals surface area contributed by atoms with Gasteiger partial charge in [-0.2, -0.15) is 4.98 Å². The number of halogens is 1. The third-order valence-corrected chi connectivity index (χ3v) is 6.54. The Balaban J connectivity index is 1.31. The molecule has 4 rings (SSSR count). The molecule has 0 radical (unpaired) electrons. The molecule has 0 unspecified atom stereocenters. The fraction of sp³-hybridized carbons (Fsp3) is 0.125. The molecule has 0 aliphatic heterocycles. The van der Waals surface area contributed by atoms with Crippen LogP contribution < -0.4 is 14.8 Å². The second kappa shape index (κ2) is 10.6. The van der Waals surface area contributed by atoms with Crippen LogP contribution in [0.3, 0.4) is 0 Å². The standard InChI is InChI=1S/C24H21ClN4O5S/c1-33-20-9-5-16(6-10-20)24-27-23(34-28-24)14-13-22(30)26-18-7-11-21(12-8-18)35(31,32)29-19-4-2-3-17(25)15-19/h2-12,15,29H,13-14H2,1H3,(H,26,30). The van der Waals surface area contributed by atoms with Gasteiger partial charge in [-0.15, -0.1) is 0 Å². The Morgan fingerprint density at radius 1 is 1.03 bits per heavy atom. The van der Waals surface area contributed by atoms with E-state index in [2.05, 4.69) is 20.2 Å². The van der Waals surface area contributed by atoms with Gasteiger partial charge in [0, 0.05) is 29.1 Å². The first-order valence-corrected chi connectivity index (χ1v) is 12.3. The van der Waals surface area contributed by atoms with Gasteiger partial charge in [0.1, 0.15) is 5.75 Å². The van der Waals surface area contributed by atoms with E-state index in [0.717, 1.165) is 11.3 Å². The Morgan fingerprint density at radius 2 is 1.77 bits per heavy atom. The fourth-order valence-electron chi connectivity index (χ4n) is 3.14. The molecule has 1 aromatic heterocycles. The molecule has 0 saturated heterocycles. The van der Waals surface area contributed by atoms with Gasteiger partial charge >= 0.3 is 0 Å². The molecule has 11 heteroatoms. The van der Waals surface area contributed by atoms with Crippen LogP contribution in [0.1, 0.15) is 12.3 Å². The van der Waals surface area contributed by atoms with E-state index < -0.39 is 10.0 Å². The second-order valence-corrected chi connectivity index (χ2v) is 9.55. The number of rotatable bonds is 9. The van der Waals surface area contributed by atoms with Crippen molar-refractivity contribution in [2.45, 2.75) is 17.7 Å². The molecule has 3 aromatic carbocycles. The van der Waals surface area contributed by atoms with Crippen LogP contribution in [-0.2, 0) is 21.2 Å². The minimum atomic E-state index is -3.80. The highest BCUT2D eigenvalue weighted by Crippen LogP contribution is 2.22. The van der Waals surface area contributed by atoms with Crippen molar-refractivity contribution in [3.8, 4) is 17.1 Å². The van der Waals surface area contributed by atoms with Crippen molar-refractivity contribution >= 4 is 38.9 Å². The molecule has 180 valence electrons. The SMILES string of the molecule is COc1ccc(-c2noc(CCC(=O)Nc3ccc(S(=O)(=O)Nc4cccc(Cl)c4)cc3)n2)cc1. The molecule has 0 fully saturated rings. The van der Waals surface area contributed by atoms with Crippen LogP contribution in [0.15, 0.2) is 82.2 Å². The van der Waals surface area contributed by atoms with E-state index in [1.165, 1.54) is 30.3 Å². The van der Waals surface area contributed by atoms with Gasteiger partial charge in [-0.25, -0.2) is 8.42 Å². The van der Waals surface area contributed by atoms with Gasteiger partial charge in [-0.1, -0.05) is 22.8 Å². The topological polar surface area (TPSA) is 123 Å². The third-order valence-electron chi connectivity index (χ3n) is 4.91. The number of amides is 1. The van der Waals surface area contributed by atoms with Gasteiger partial charge in [-0.3, -0.25) is 9.52 Å². The van der Waals surface area contributed by atoms with Gasteiger partial charge in [0.25, 0.3) is 10.0 Å². The number of aryl methyl sites for hydroxylation is 1. The molecule has 4 aromatic rings. The number of carbonyl (C=O) groups is 1. The van der Waals surface area contributed by atoms with Crippen molar-refractivity contribution in [3.05, 3.63) is 83.7 Å². The van der Waals surface area contributed by atoms with Gasteiger partial charge in [0.2, 0.25) is 17.6 Å². The maximum atomic E-state index is 12.6. The van der Waals surface area contributed by atoms with Crippen molar-refractivity contribution in [1.29, 1.82) is 0 Å². The van der Waals surface area contributed by atoms with Crippen LogP contribution in [0, 0.1) is 0 Å². The maximum Gasteiger partial charge on any atom is 0.261 e. The number of anilines is 2. The number of hydrogen-bond acceptors (Lipinski definition) is 7. The Hall–Kier alpha value is -3.89. The lowest BCUT2D eigenvalue weighted by Gasteiger charge is -2.09. The molecule has 0 bridgehead atoms. The van der Waals surface area contributed by atoms with E-state index in [-0.39, 0.29) is 23.6 Å². The largest absolute Gasteiger partial charge is 0.497 e. The molecule has 9 nitrogen and oxygen atoms in total. The second-order valence-electron chi connectivity index (χ2n) is 7.43. The predicted octanol–water partition coefficient (Wildman–Crippen LogP) is 4.77. The van der Waals surface area contributed by atoms with Crippen molar-refractivity contribution in [3.63, 3.8) is 0 Å². The molecule has 0 atom stereocenters. The maximum absolute atomic E-state index is 12.6. The number of methoxy groups -OCH3 is 1. The first kappa shape index (κ1) is 24.2. The molecule has 0 saturated carbocycles. The predicted molar refractivity (Wildman–Crippen MR) is 132 cm³/mol. The molecule has 0 spiro atoms. The normalized spacial score (nSPS) is 11.1. The summed E-state index contributed by atoms with van der Waals surface area (Å²) in [6, 6.07) is 19.5. The highest BCUT2D eigenvalue weighted by atomic mass is 35.5. The first-order chi connectivity index (χ1) is 16.8. The van der Waals surface area contributed by atoms with Crippen LogP contribution in [-0.4, -0.2) is 31.6 Å². The van der Waals surface area contributed by atoms with E-state index in [4.69, 9.17) is 20.9 Å². The molecular weight excluding hydrogens is 492 g/mol. The van der Waals surface area contributed by atoms with Crippen LogP contribution in [0.4, 0.5) is 11.4 Å². The zero-order valence-corrected chi connectivity index (χ0v) is 20.1. The Morgan fingerprint density at radius 3 is 2.46 bits per heavy atom. The molecule has 0 aliphatic rings. The summed E-state index contributed by atoms with van der Waals surface area (Å²) in [6.07, 6.45) is 0.367. The number of carbonyl (C=O) groups excluding carboxylic acids is 1. The molecule has 0 aliphatic carbocycles. The summed E-state index contributed by atoms with van der Waals surface area (Å²) in [6.45, 7) is 0. The number of hydrogen-bond donors (Lipinski definition) is 2. The van der Waals surface area contributed by atoms with Crippen molar-refractivity contribution in [2.75, 3.05) is 17.1 Å². The minimum absolute atomic E-state index is 0.0485. The number of benzene rings is 3. The number of sulfonamides is 1. The first-order valence-electron chi connectivity index (χ1n) is 10.5. The van der Waals surface area contributed by atoms with Gasteiger partial charge in [0.15, 0.2) is 0 Å². The lowest BCUT2D eigenvalue weighted by atomic mass is 10.2. The van der Waals surface area contributed by atoms with E-state index in [1.54, 1.807) is 37.4 Å². The van der Waals surface area contributed by atoms with Gasteiger partial charge < -0.3 is 14.6 Å². The van der Waals surface area contributed by atoms with E-state index >= 15 is 0 Å². The zero-order chi connectivity index (χ0) is 24.8. The quantitative estimate of drug-likeness (QED) is 0.331. The minimum Gasteiger partial charge on any atom is -0.497 e. The van der Waals surface area contributed by atoms with Crippen molar-refractivity contribution < 1.29 is 22.5 Å². The smallest absolute Gasteiger partial charge is 0.261 e. The van der Waals surface area contributed by atoms with E-state index in [0.29, 0.717) is 28.1 Å². The van der Waals surface area contributed by atoms with Crippen LogP contribution >= 0.6 is 11.6 Å². The lowest BCUT2D eigenvalue weighted by Crippen LogP contribution is -2.14. The van der Waals surface area contributed by atoms with E-state index in [1.807, 2.05) is 12.1 Å². The Labute approximate surface area is 207 Å². The summed E-state index contributed by atoms with van der Waals surface area (Å²) in [7, 11) is -2.22. The third kappa shape index (κ3) is 6.37. The Kier molecular flexibility index (Phi) is 7.33. The van der Waals surface area contributed by atoms with Crippen LogP contribution in [0.5, 0.6) is 5.75 Å². The summed E-state index contributed by atoms with van der Waals surface area (Å²) in [5, 5.41) is 7.08. The molecular formula is C24H21ClN4O5S. The summed E-state index contributed by atoms with van der Waals surface area (Å²) in [5.41, 5.74) is 1.58. The number of ether oxygens (including phenoxy) is 1. The average molecular weight is 513 g/mol. The zero-order valence-electron chi connectivity index (χ0n) is 18.6. The lowest BCUT2D eigenvalue weighted by molar-refractivity contribution is -0.116. The highest BCUT2D eigenvalue weighted by Gasteiger charge is 2.15. The fourth-order valence-corrected chi connectivity index (χ4v) is 4.38. The number of nitrogens with one attached hydrogen (secondary N) is 2. The average Bonchev–Trinajstić information content (AvgIpc) is 3.32. The summed E-state index contributed by atoms with van der Waals surface area (Å²) < 4.78 is 38.0.